The molecular weight excluding hydrogens is 420 g/mol. The molecule has 1 atom stereocenters. The van der Waals surface area contributed by atoms with Gasteiger partial charge in [0.25, 0.3) is 0 Å². The molecule has 0 aliphatic carbocycles. The van der Waals surface area contributed by atoms with E-state index in [0.29, 0.717) is 37.7 Å². The summed E-state index contributed by atoms with van der Waals surface area (Å²) in [6.45, 7) is 3.10. The van der Waals surface area contributed by atoms with E-state index in [2.05, 4.69) is 21.8 Å². The van der Waals surface area contributed by atoms with E-state index >= 15 is 0 Å². The largest absolute Gasteiger partial charge is 0.379 e. The van der Waals surface area contributed by atoms with Gasteiger partial charge >= 0.3 is 0 Å². The molecule has 4 rings (SSSR count). The Bertz CT molecular complexity index is 1080. The molecule has 9 heteroatoms. The zero-order valence-corrected chi connectivity index (χ0v) is 18.3. The lowest BCUT2D eigenvalue weighted by Gasteiger charge is -2.26. The first-order valence-corrected chi connectivity index (χ1v) is 12.2. The molecule has 0 radical (unpaired) electrons. The second-order valence-corrected chi connectivity index (χ2v) is 10.0. The number of hydrogen-bond donors (Lipinski definition) is 2. The van der Waals surface area contributed by atoms with Gasteiger partial charge in [-0.05, 0) is 48.3 Å². The summed E-state index contributed by atoms with van der Waals surface area (Å²) in [7, 11) is -3.45. The number of benzene rings is 2. The number of fused-ring (bicyclic) bond motifs is 1. The molecule has 1 saturated heterocycles. The van der Waals surface area contributed by atoms with Gasteiger partial charge in [-0.3, -0.25) is 0 Å². The van der Waals surface area contributed by atoms with Crippen LogP contribution in [0.15, 0.2) is 53.4 Å². The minimum Gasteiger partial charge on any atom is -0.379 e. The predicted molar refractivity (Wildman–Crippen MR) is 119 cm³/mol. The molecule has 160 valence electrons. The molecule has 0 bridgehead atoms. The van der Waals surface area contributed by atoms with Crippen molar-refractivity contribution in [2.75, 3.05) is 32.8 Å². The van der Waals surface area contributed by atoms with E-state index in [1.54, 1.807) is 12.1 Å². The number of hydrogen-bond acceptors (Lipinski definition) is 7. The van der Waals surface area contributed by atoms with Crippen LogP contribution in [0, 0.1) is 0 Å². The summed E-state index contributed by atoms with van der Waals surface area (Å²) in [6, 6.07) is 15.1. The third kappa shape index (κ3) is 4.72. The average molecular weight is 447 g/mol. The van der Waals surface area contributed by atoms with Crippen molar-refractivity contribution in [3.8, 4) is 0 Å². The van der Waals surface area contributed by atoms with Crippen molar-refractivity contribution >= 4 is 31.6 Å². The molecule has 0 saturated carbocycles. The molecule has 7 nitrogen and oxygen atoms in total. The van der Waals surface area contributed by atoms with Crippen LogP contribution in [0.5, 0.6) is 0 Å². The van der Waals surface area contributed by atoms with Gasteiger partial charge in [-0.2, -0.15) is 8.68 Å². The van der Waals surface area contributed by atoms with Crippen LogP contribution in [0.1, 0.15) is 23.7 Å². The smallest absolute Gasteiger partial charge is 0.243 e. The van der Waals surface area contributed by atoms with E-state index in [1.165, 1.54) is 15.8 Å². The Balaban J connectivity index is 1.28. The molecule has 0 spiro atoms. The minimum absolute atomic E-state index is 0.116. The van der Waals surface area contributed by atoms with Crippen molar-refractivity contribution in [3.05, 3.63) is 59.8 Å². The van der Waals surface area contributed by atoms with Crippen LogP contribution in [0.4, 0.5) is 0 Å². The second kappa shape index (κ2) is 9.51. The lowest BCUT2D eigenvalue weighted by Crippen LogP contribution is -2.40. The summed E-state index contributed by atoms with van der Waals surface area (Å²) >= 11 is 1.48. The Morgan fingerprint density at radius 3 is 2.63 bits per heavy atom. The topological polar surface area (TPSA) is 97.5 Å². The predicted octanol–water partition coefficient (Wildman–Crippen LogP) is 2.50. The minimum atomic E-state index is -3.45. The van der Waals surface area contributed by atoms with E-state index < -0.39 is 10.0 Å². The lowest BCUT2D eigenvalue weighted by atomic mass is 10.1. The maximum Gasteiger partial charge on any atom is 0.243 e. The van der Waals surface area contributed by atoms with E-state index in [4.69, 9.17) is 10.5 Å². The highest BCUT2D eigenvalue weighted by atomic mass is 32.2. The quantitative estimate of drug-likeness (QED) is 0.516. The van der Waals surface area contributed by atoms with E-state index in [-0.39, 0.29) is 6.04 Å². The van der Waals surface area contributed by atoms with Gasteiger partial charge in [-0.1, -0.05) is 30.3 Å². The molecule has 1 aliphatic rings. The Hall–Kier alpha value is -1.88. The highest BCUT2D eigenvalue weighted by Gasteiger charge is 2.26. The lowest BCUT2D eigenvalue weighted by molar-refractivity contribution is 0.0730. The van der Waals surface area contributed by atoms with Crippen LogP contribution >= 0.6 is 11.5 Å². The first-order chi connectivity index (χ1) is 14.6. The van der Waals surface area contributed by atoms with Gasteiger partial charge in [0, 0.05) is 31.1 Å². The van der Waals surface area contributed by atoms with Gasteiger partial charge in [0.15, 0.2) is 0 Å². The first-order valence-electron chi connectivity index (χ1n) is 10.0. The molecule has 3 N–H and O–H groups in total. The highest BCUT2D eigenvalue weighted by molar-refractivity contribution is 7.89. The Kier molecular flexibility index (Phi) is 6.77. The van der Waals surface area contributed by atoms with Crippen molar-refractivity contribution in [3.63, 3.8) is 0 Å². The summed E-state index contributed by atoms with van der Waals surface area (Å²) in [4.78, 5) is 0.325. The van der Waals surface area contributed by atoms with Gasteiger partial charge in [-0.15, -0.1) is 0 Å². The summed E-state index contributed by atoms with van der Waals surface area (Å²) in [5.74, 6) is 0. The Labute approximate surface area is 181 Å². The number of sulfonamides is 1. The first kappa shape index (κ1) is 21.4. The number of rotatable bonds is 8. The second-order valence-electron chi connectivity index (χ2n) is 7.30. The maximum absolute atomic E-state index is 12.7. The molecule has 3 aromatic rings. The Morgan fingerprint density at radius 2 is 1.87 bits per heavy atom. The molecule has 1 aliphatic heterocycles. The van der Waals surface area contributed by atoms with Gasteiger partial charge in [0.05, 0.1) is 28.5 Å². The van der Waals surface area contributed by atoms with Crippen molar-refractivity contribution in [2.45, 2.75) is 23.9 Å². The van der Waals surface area contributed by atoms with Crippen LogP contribution in [0.2, 0.25) is 0 Å². The van der Waals surface area contributed by atoms with Gasteiger partial charge in [0.1, 0.15) is 0 Å². The van der Waals surface area contributed by atoms with Crippen LogP contribution < -0.4 is 11.1 Å². The van der Waals surface area contributed by atoms with Crippen molar-refractivity contribution in [2.24, 2.45) is 5.73 Å². The molecule has 30 heavy (non-hydrogen) atoms. The van der Waals surface area contributed by atoms with Gasteiger partial charge in [0.2, 0.25) is 10.0 Å². The fourth-order valence-corrected chi connectivity index (χ4v) is 5.76. The monoisotopic (exact) mass is 446 g/mol. The molecule has 1 aromatic heterocycles. The van der Waals surface area contributed by atoms with Crippen molar-refractivity contribution in [1.82, 2.24) is 14.0 Å². The number of aromatic nitrogens is 1. The standard InChI is InChI=1S/C21H26N4O3S2/c22-19(21-18-3-1-2-4-20(18)29-24-21)9-10-23-15-16-5-7-17(8-6-16)30(26,27)25-11-13-28-14-12-25/h1-8,19,23H,9-15,22H2. The van der Waals surface area contributed by atoms with Crippen LogP contribution in [-0.2, 0) is 21.3 Å². The zero-order valence-electron chi connectivity index (χ0n) is 16.7. The fraction of sp³-hybridized carbons (Fsp3) is 0.381. The molecule has 2 aromatic carbocycles. The van der Waals surface area contributed by atoms with E-state index in [1.807, 2.05) is 24.3 Å². The van der Waals surface area contributed by atoms with Gasteiger partial charge < -0.3 is 15.8 Å². The molecule has 1 unspecified atom stereocenters. The zero-order chi connectivity index (χ0) is 21.0. The summed E-state index contributed by atoms with van der Waals surface area (Å²) in [5.41, 5.74) is 8.33. The van der Waals surface area contributed by atoms with E-state index in [9.17, 15) is 8.42 Å². The molecule has 2 heterocycles. The fourth-order valence-electron chi connectivity index (χ4n) is 3.52. The highest BCUT2D eigenvalue weighted by Crippen LogP contribution is 2.27. The van der Waals surface area contributed by atoms with Crippen molar-refractivity contribution < 1.29 is 13.2 Å². The Morgan fingerprint density at radius 1 is 1.13 bits per heavy atom. The van der Waals surface area contributed by atoms with Crippen LogP contribution in [0.25, 0.3) is 10.1 Å². The molecular formula is C21H26N4O3S2. The summed E-state index contributed by atoms with van der Waals surface area (Å²) in [5, 5.41) is 4.51. The van der Waals surface area contributed by atoms with Crippen molar-refractivity contribution in [1.29, 1.82) is 0 Å². The van der Waals surface area contributed by atoms with Gasteiger partial charge in [-0.25, -0.2) is 8.42 Å². The number of nitrogens with two attached hydrogens (primary N) is 1. The number of ether oxygens (including phenoxy) is 1. The molecule has 0 amide bonds. The number of nitrogens with zero attached hydrogens (tertiary/aromatic N) is 2. The normalized spacial score (nSPS) is 16.7. The SMILES string of the molecule is NC(CCNCc1ccc(S(=O)(=O)N2CCOCC2)cc1)c1nsc2ccccc12. The average Bonchev–Trinajstić information content (AvgIpc) is 3.22. The molecule has 1 fully saturated rings. The summed E-state index contributed by atoms with van der Waals surface area (Å²) in [6.07, 6.45) is 0.775. The summed E-state index contributed by atoms with van der Waals surface area (Å²) < 4.78 is 37.7. The van der Waals surface area contributed by atoms with E-state index in [0.717, 1.165) is 34.3 Å². The number of nitrogens with one attached hydrogen (secondary N) is 1. The number of morpholine rings is 1. The third-order valence-electron chi connectivity index (χ3n) is 5.25. The van der Waals surface area contributed by atoms with Crippen LogP contribution in [-0.4, -0.2) is 49.9 Å². The maximum atomic E-state index is 12.7. The third-order valence-corrected chi connectivity index (χ3v) is 8.00. The van der Waals surface area contributed by atoms with Crippen LogP contribution in [0.3, 0.4) is 0 Å².